The standard InChI is InChI=1S/2C3HCl3F2O2.Cu/c2*4-3(5,6)2(7,8)1(9)10;/h2*(H,9,10);/q;;+2/p-2. The second-order valence-corrected chi connectivity index (χ2v) is 7.28. The van der Waals surface area contributed by atoms with E-state index >= 15 is 0 Å². The first-order valence-corrected chi connectivity index (χ1v) is 5.97. The van der Waals surface area contributed by atoms with E-state index in [1.54, 1.807) is 0 Å². The Morgan fingerprint density at radius 3 is 0.810 bits per heavy atom. The summed E-state index contributed by atoms with van der Waals surface area (Å²) in [6.07, 6.45) is 0. The molecule has 15 heteroatoms. The van der Waals surface area contributed by atoms with Crippen LogP contribution in [0.15, 0.2) is 0 Å². The summed E-state index contributed by atoms with van der Waals surface area (Å²) < 4.78 is 41.7. The zero-order valence-corrected chi connectivity index (χ0v) is 14.2. The number of carbonyl (C=O) groups excluding carboxylic acids is 2. The summed E-state index contributed by atoms with van der Waals surface area (Å²) in [7, 11) is 0. The Labute approximate surface area is 155 Å². The molecular formula is C6Cl6CuF4O4. The average Bonchev–Trinajstić information content (AvgIpc) is 2.14. The molecule has 0 fully saturated rings. The van der Waals surface area contributed by atoms with Crippen LogP contribution in [-0.4, -0.2) is 31.4 Å². The number of hydrogen-bond donors (Lipinski definition) is 0. The molecule has 0 aromatic carbocycles. The fourth-order valence-electron chi connectivity index (χ4n) is 0.231. The van der Waals surface area contributed by atoms with Gasteiger partial charge in [0, 0.05) is 0 Å². The smallest absolute Gasteiger partial charge is 0.544 e. The van der Waals surface area contributed by atoms with Crippen LogP contribution in [0, 0.1) is 0 Å². The molecule has 129 valence electrons. The van der Waals surface area contributed by atoms with Gasteiger partial charge in [0.15, 0.2) is 0 Å². The number of carboxylic acids is 2. The van der Waals surface area contributed by atoms with Crippen molar-refractivity contribution >= 4 is 81.5 Å². The van der Waals surface area contributed by atoms with Gasteiger partial charge in [-0.3, -0.25) is 0 Å². The van der Waals surface area contributed by atoms with Crippen molar-refractivity contribution in [3.05, 3.63) is 0 Å². The van der Waals surface area contributed by atoms with E-state index in [4.69, 9.17) is 0 Å². The first-order chi connectivity index (χ1) is 8.39. The van der Waals surface area contributed by atoms with E-state index in [-0.39, 0.29) is 17.1 Å². The van der Waals surface area contributed by atoms with E-state index in [2.05, 4.69) is 69.6 Å². The predicted octanol–water partition coefficient (Wildman–Crippen LogP) is 1.48. The molecule has 0 spiro atoms. The molecule has 0 aliphatic rings. The van der Waals surface area contributed by atoms with Gasteiger partial charge in [-0.15, -0.1) is 0 Å². The van der Waals surface area contributed by atoms with Gasteiger partial charge in [0.2, 0.25) is 0 Å². The second kappa shape index (κ2) is 8.68. The third-order valence-electron chi connectivity index (χ3n) is 1.22. The summed E-state index contributed by atoms with van der Waals surface area (Å²) in [6, 6.07) is 0. The van der Waals surface area contributed by atoms with Gasteiger partial charge >= 0.3 is 28.9 Å². The summed E-state index contributed by atoms with van der Waals surface area (Å²) in [4.78, 5) is 19.1. The van der Waals surface area contributed by atoms with Crippen molar-refractivity contribution in [2.24, 2.45) is 0 Å². The van der Waals surface area contributed by atoms with Gasteiger partial charge in [0.1, 0.15) is 11.9 Å². The topological polar surface area (TPSA) is 80.3 Å². The van der Waals surface area contributed by atoms with Crippen LogP contribution in [0.2, 0.25) is 0 Å². The maximum atomic E-state index is 12.0. The van der Waals surface area contributed by atoms with Crippen LogP contribution in [0.5, 0.6) is 0 Å². The minimum Gasteiger partial charge on any atom is -0.544 e. The molecule has 0 saturated carbocycles. The van der Waals surface area contributed by atoms with Gasteiger partial charge in [-0.25, -0.2) is 0 Å². The average molecular weight is 488 g/mol. The van der Waals surface area contributed by atoms with Crippen molar-refractivity contribution in [3.63, 3.8) is 0 Å². The molecule has 1 radical (unpaired) electrons. The molecule has 0 N–H and O–H groups in total. The van der Waals surface area contributed by atoms with Gasteiger partial charge in [-0.2, -0.15) is 17.6 Å². The molecule has 0 aliphatic carbocycles. The van der Waals surface area contributed by atoms with Crippen molar-refractivity contribution in [1.29, 1.82) is 0 Å². The Hall–Kier alpha value is 0.919. The second-order valence-electron chi connectivity index (χ2n) is 2.72. The maximum absolute atomic E-state index is 12.0. The zero-order valence-electron chi connectivity index (χ0n) is 8.71. The number of carbonyl (C=O) groups is 2. The van der Waals surface area contributed by atoms with Gasteiger partial charge in [0.05, 0.1) is 0 Å². The minimum atomic E-state index is -4.46. The van der Waals surface area contributed by atoms with E-state index in [0.29, 0.717) is 0 Å². The number of halogens is 10. The van der Waals surface area contributed by atoms with Crippen LogP contribution in [0.1, 0.15) is 0 Å². The number of alkyl halides is 10. The largest absolute Gasteiger partial charge is 2.00 e. The Bertz CT molecular complexity index is 346. The van der Waals surface area contributed by atoms with Crippen molar-refractivity contribution in [2.45, 2.75) is 19.4 Å². The Balaban J connectivity index is -0.000000295. The molecule has 0 heterocycles. The van der Waals surface area contributed by atoms with E-state index in [1.165, 1.54) is 0 Å². The SMILES string of the molecule is O=C([O-])C(F)(F)C(Cl)(Cl)Cl.O=C([O-])C(F)(F)C(Cl)(Cl)Cl.[Cu+2]. The van der Waals surface area contributed by atoms with Crippen LogP contribution in [-0.2, 0) is 26.7 Å². The van der Waals surface area contributed by atoms with E-state index in [9.17, 15) is 37.4 Å². The Morgan fingerprint density at radius 2 is 0.810 bits per heavy atom. The molecule has 0 aliphatic heterocycles. The quantitative estimate of drug-likeness (QED) is 0.335. The van der Waals surface area contributed by atoms with Crippen molar-refractivity contribution in [3.8, 4) is 0 Å². The van der Waals surface area contributed by atoms with Crippen LogP contribution < -0.4 is 10.2 Å². The third kappa shape index (κ3) is 7.83. The molecule has 0 atom stereocenters. The molecule has 0 amide bonds. The number of carboxylic acid groups (broad SMARTS) is 2. The summed E-state index contributed by atoms with van der Waals surface area (Å²) in [5.74, 6) is -14.4. The van der Waals surface area contributed by atoms with Gasteiger partial charge in [-0.1, -0.05) is 69.6 Å². The Kier molecular flexibility index (Phi) is 11.1. The molecule has 0 rings (SSSR count). The van der Waals surface area contributed by atoms with Crippen molar-refractivity contribution in [2.75, 3.05) is 0 Å². The zero-order chi connectivity index (χ0) is 17.2. The van der Waals surface area contributed by atoms with E-state index in [1.807, 2.05) is 0 Å². The molecule has 0 aromatic heterocycles. The van der Waals surface area contributed by atoms with Crippen molar-refractivity contribution < 1.29 is 54.4 Å². The fraction of sp³-hybridized carbons (Fsp3) is 0.667. The van der Waals surface area contributed by atoms with Gasteiger partial charge in [-0.05, 0) is 0 Å². The molecular weight excluding hydrogens is 488 g/mol. The maximum Gasteiger partial charge on any atom is 2.00 e. The normalized spacial score (nSPS) is 12.7. The number of rotatable bonds is 2. The van der Waals surface area contributed by atoms with Crippen molar-refractivity contribution in [1.82, 2.24) is 0 Å². The van der Waals surface area contributed by atoms with Crippen LogP contribution in [0.25, 0.3) is 0 Å². The summed E-state index contributed by atoms with van der Waals surface area (Å²) in [6.45, 7) is 0. The molecule has 0 saturated heterocycles. The minimum absolute atomic E-state index is 0. The van der Waals surface area contributed by atoms with Crippen LogP contribution in [0.4, 0.5) is 17.6 Å². The monoisotopic (exact) mass is 485 g/mol. The van der Waals surface area contributed by atoms with Gasteiger partial charge in [0.25, 0.3) is 7.59 Å². The molecule has 0 aromatic rings. The number of aliphatic carboxylic acids is 2. The molecule has 0 unspecified atom stereocenters. The van der Waals surface area contributed by atoms with Crippen LogP contribution >= 0.6 is 69.6 Å². The summed E-state index contributed by atoms with van der Waals surface area (Å²) >= 11 is 27.5. The Morgan fingerprint density at radius 1 is 0.667 bits per heavy atom. The number of hydrogen-bond acceptors (Lipinski definition) is 4. The first-order valence-electron chi connectivity index (χ1n) is 3.71. The predicted molar refractivity (Wildman–Crippen MR) is 60.5 cm³/mol. The molecule has 0 bridgehead atoms. The van der Waals surface area contributed by atoms with E-state index in [0.717, 1.165) is 0 Å². The van der Waals surface area contributed by atoms with Crippen LogP contribution in [0.3, 0.4) is 0 Å². The van der Waals surface area contributed by atoms with Gasteiger partial charge < -0.3 is 19.8 Å². The summed E-state index contributed by atoms with van der Waals surface area (Å²) in [5, 5.41) is 19.1. The fourth-order valence-corrected chi connectivity index (χ4v) is 0.694. The van der Waals surface area contributed by atoms with E-state index < -0.39 is 31.4 Å². The summed E-state index contributed by atoms with van der Waals surface area (Å²) in [5.41, 5.74) is 0. The first kappa shape index (κ1) is 26.8. The third-order valence-corrected chi connectivity index (χ3v) is 2.65. The molecule has 4 nitrogen and oxygen atoms in total. The molecule has 21 heavy (non-hydrogen) atoms.